The first-order chi connectivity index (χ1) is 15.9. The van der Waals surface area contributed by atoms with E-state index in [2.05, 4.69) is 16.0 Å². The lowest BCUT2D eigenvalue weighted by atomic mass is 9.95. The minimum atomic E-state index is -1.12. The van der Waals surface area contributed by atoms with Crippen LogP contribution in [0.4, 0.5) is 0 Å². The van der Waals surface area contributed by atoms with E-state index in [1.54, 1.807) is 6.92 Å². The van der Waals surface area contributed by atoms with Crippen LogP contribution in [0, 0.1) is 17.8 Å². The van der Waals surface area contributed by atoms with E-state index in [9.17, 15) is 24.3 Å². The van der Waals surface area contributed by atoms with E-state index < -0.39 is 47.9 Å². The van der Waals surface area contributed by atoms with Crippen LogP contribution in [0.1, 0.15) is 80.1 Å². The number of hydrogen-bond acceptors (Lipinski definition) is 6. The van der Waals surface area contributed by atoms with Crippen molar-refractivity contribution in [1.82, 2.24) is 16.0 Å². The second kappa shape index (κ2) is 16.4. The van der Waals surface area contributed by atoms with Crippen molar-refractivity contribution in [2.75, 3.05) is 6.54 Å². The minimum absolute atomic E-state index is 0.219. The summed E-state index contributed by atoms with van der Waals surface area (Å²) >= 11 is 0. The van der Waals surface area contributed by atoms with Gasteiger partial charge in [0.15, 0.2) is 0 Å². The molecule has 3 amide bonds. The summed E-state index contributed by atoms with van der Waals surface area (Å²) in [7, 11) is 0. The number of carboxylic acids is 1. The van der Waals surface area contributed by atoms with Gasteiger partial charge in [-0.05, 0) is 50.0 Å². The molecule has 0 rings (SSSR count). The van der Waals surface area contributed by atoms with Crippen molar-refractivity contribution in [3.8, 4) is 0 Å². The lowest BCUT2D eigenvalue weighted by molar-refractivity contribution is -0.144. The number of hydrogen-bond donors (Lipinski definition) is 6. The number of nitrogens with one attached hydrogen (secondary N) is 3. The van der Waals surface area contributed by atoms with Crippen molar-refractivity contribution < 1.29 is 24.3 Å². The molecule has 8 N–H and O–H groups in total. The topological polar surface area (TPSA) is 177 Å². The van der Waals surface area contributed by atoms with Crippen molar-refractivity contribution in [3.63, 3.8) is 0 Å². The van der Waals surface area contributed by atoms with E-state index in [1.165, 1.54) is 0 Å². The van der Waals surface area contributed by atoms with Crippen molar-refractivity contribution >= 4 is 23.7 Å². The summed E-state index contributed by atoms with van der Waals surface area (Å²) in [5, 5.41) is 17.6. The predicted molar refractivity (Wildman–Crippen MR) is 133 cm³/mol. The summed E-state index contributed by atoms with van der Waals surface area (Å²) in [6.45, 7) is 11.7. The smallest absolute Gasteiger partial charge is 0.326 e. The number of amides is 3. The number of rotatable bonds is 17. The predicted octanol–water partition coefficient (Wildman–Crippen LogP) is 1.12. The van der Waals surface area contributed by atoms with Crippen LogP contribution in [0.5, 0.6) is 0 Å². The number of unbranched alkanes of at least 4 members (excludes halogenated alkanes) is 1. The molecule has 0 aliphatic heterocycles. The van der Waals surface area contributed by atoms with Crippen LogP contribution < -0.4 is 27.4 Å². The molecule has 0 aliphatic carbocycles. The standard InChI is InChI=1S/C24H47N5O5/c1-7-15(5)19(23(32)29-20(24(33)34)16(6)8-2)28-22(31)18(11-9-10-12-25)27-21(30)17(26)13-14(3)4/h14-20H,7-13,25-26H2,1-6H3,(H,27,30)(H,28,31)(H,29,32)(H,33,34). The van der Waals surface area contributed by atoms with Gasteiger partial charge in [-0.25, -0.2) is 4.79 Å². The Morgan fingerprint density at radius 1 is 0.794 bits per heavy atom. The van der Waals surface area contributed by atoms with Crippen LogP contribution in [0.15, 0.2) is 0 Å². The zero-order valence-corrected chi connectivity index (χ0v) is 21.7. The third-order valence-corrected chi connectivity index (χ3v) is 6.21. The Labute approximate surface area is 204 Å². The van der Waals surface area contributed by atoms with Gasteiger partial charge in [-0.15, -0.1) is 0 Å². The van der Waals surface area contributed by atoms with Crippen molar-refractivity contribution in [2.24, 2.45) is 29.2 Å². The molecule has 0 radical (unpaired) electrons. The monoisotopic (exact) mass is 485 g/mol. The molecule has 34 heavy (non-hydrogen) atoms. The second-order valence-corrected chi connectivity index (χ2v) is 9.66. The fourth-order valence-electron chi connectivity index (χ4n) is 3.54. The number of carbonyl (C=O) groups is 4. The molecule has 0 aromatic carbocycles. The highest BCUT2D eigenvalue weighted by Gasteiger charge is 2.33. The summed E-state index contributed by atoms with van der Waals surface area (Å²) in [5.41, 5.74) is 11.6. The van der Waals surface area contributed by atoms with Gasteiger partial charge in [0.1, 0.15) is 18.1 Å². The Morgan fingerprint density at radius 2 is 1.32 bits per heavy atom. The number of carbonyl (C=O) groups excluding carboxylic acids is 3. The number of carboxylic acid groups (broad SMARTS) is 1. The molecule has 0 saturated carbocycles. The molecule has 0 aromatic rings. The Bertz CT molecular complexity index is 658. The zero-order valence-electron chi connectivity index (χ0n) is 21.7. The van der Waals surface area contributed by atoms with E-state index in [4.69, 9.17) is 11.5 Å². The van der Waals surface area contributed by atoms with Gasteiger partial charge in [-0.1, -0.05) is 54.4 Å². The molecule has 198 valence electrons. The zero-order chi connectivity index (χ0) is 26.4. The van der Waals surface area contributed by atoms with Crippen LogP contribution in [0.2, 0.25) is 0 Å². The fraction of sp³-hybridized carbons (Fsp3) is 0.833. The van der Waals surface area contributed by atoms with Gasteiger partial charge in [0, 0.05) is 0 Å². The highest BCUT2D eigenvalue weighted by Crippen LogP contribution is 2.13. The van der Waals surface area contributed by atoms with Gasteiger partial charge < -0.3 is 32.5 Å². The first kappa shape index (κ1) is 31.8. The third-order valence-electron chi connectivity index (χ3n) is 6.21. The summed E-state index contributed by atoms with van der Waals surface area (Å²) in [5.74, 6) is -2.91. The summed E-state index contributed by atoms with van der Waals surface area (Å²) in [4.78, 5) is 50.4. The Hall–Kier alpha value is -2.20. The van der Waals surface area contributed by atoms with Crippen LogP contribution in [0.3, 0.4) is 0 Å². The van der Waals surface area contributed by atoms with Crippen molar-refractivity contribution in [2.45, 2.75) is 104 Å². The molecule has 0 aliphatic rings. The number of nitrogens with two attached hydrogens (primary N) is 2. The normalized spacial score (nSPS) is 16.6. The summed E-state index contributed by atoms with van der Waals surface area (Å²) < 4.78 is 0. The molecule has 0 heterocycles. The summed E-state index contributed by atoms with van der Waals surface area (Å²) in [6, 6.07) is -3.62. The second-order valence-electron chi connectivity index (χ2n) is 9.66. The lowest BCUT2D eigenvalue weighted by Crippen LogP contribution is -2.59. The van der Waals surface area contributed by atoms with Gasteiger partial charge in [-0.2, -0.15) is 0 Å². The molecule has 0 aromatic heterocycles. The average molecular weight is 486 g/mol. The van der Waals surface area contributed by atoms with Crippen LogP contribution in [-0.2, 0) is 19.2 Å². The molecule has 10 heteroatoms. The molecule has 0 fully saturated rings. The SMILES string of the molecule is CCC(C)C(NC(=O)C(NC(=O)C(CCCCN)NC(=O)C(N)CC(C)C)C(C)CC)C(=O)O. The van der Waals surface area contributed by atoms with E-state index in [1.807, 2.05) is 34.6 Å². The third kappa shape index (κ3) is 11.3. The molecule has 6 atom stereocenters. The Balaban J connectivity index is 5.59. The summed E-state index contributed by atoms with van der Waals surface area (Å²) in [6.07, 6.45) is 3.29. The van der Waals surface area contributed by atoms with Gasteiger partial charge >= 0.3 is 5.97 Å². The molecular weight excluding hydrogens is 438 g/mol. The maximum absolute atomic E-state index is 13.2. The van der Waals surface area contributed by atoms with Gasteiger partial charge in [0.2, 0.25) is 17.7 Å². The van der Waals surface area contributed by atoms with E-state index in [0.717, 1.165) is 0 Å². The van der Waals surface area contributed by atoms with Gasteiger partial charge in [-0.3, -0.25) is 14.4 Å². The maximum Gasteiger partial charge on any atom is 0.326 e. The van der Waals surface area contributed by atoms with E-state index in [0.29, 0.717) is 45.1 Å². The molecule has 0 spiro atoms. The molecule has 6 unspecified atom stereocenters. The highest BCUT2D eigenvalue weighted by molar-refractivity contribution is 5.94. The average Bonchev–Trinajstić information content (AvgIpc) is 2.78. The Kier molecular flexibility index (Phi) is 15.4. The van der Waals surface area contributed by atoms with Gasteiger partial charge in [0.25, 0.3) is 0 Å². The highest BCUT2D eigenvalue weighted by atomic mass is 16.4. The molecule has 10 nitrogen and oxygen atoms in total. The van der Waals surface area contributed by atoms with Crippen LogP contribution in [-0.4, -0.2) is 59.5 Å². The van der Waals surface area contributed by atoms with Crippen LogP contribution in [0.25, 0.3) is 0 Å². The van der Waals surface area contributed by atoms with E-state index in [-0.39, 0.29) is 17.8 Å². The van der Waals surface area contributed by atoms with Crippen molar-refractivity contribution in [1.29, 1.82) is 0 Å². The molecule has 0 bridgehead atoms. The number of aliphatic carboxylic acids is 1. The largest absolute Gasteiger partial charge is 0.480 e. The quantitative estimate of drug-likeness (QED) is 0.167. The first-order valence-electron chi connectivity index (χ1n) is 12.5. The fourth-order valence-corrected chi connectivity index (χ4v) is 3.54. The van der Waals surface area contributed by atoms with E-state index >= 15 is 0 Å². The van der Waals surface area contributed by atoms with Crippen molar-refractivity contribution in [3.05, 3.63) is 0 Å². The lowest BCUT2D eigenvalue weighted by Gasteiger charge is -2.29. The Morgan fingerprint density at radius 3 is 1.79 bits per heavy atom. The minimum Gasteiger partial charge on any atom is -0.480 e. The molecule has 0 saturated heterocycles. The first-order valence-corrected chi connectivity index (χ1v) is 12.5. The molecular formula is C24H47N5O5. The van der Waals surface area contributed by atoms with Crippen LogP contribution >= 0.6 is 0 Å². The van der Waals surface area contributed by atoms with Gasteiger partial charge in [0.05, 0.1) is 6.04 Å². The maximum atomic E-state index is 13.2.